The Morgan fingerprint density at radius 1 is 1.00 bits per heavy atom. The summed E-state index contributed by atoms with van der Waals surface area (Å²) in [7, 11) is 2.20. The van der Waals surface area contributed by atoms with E-state index in [-0.39, 0.29) is 0 Å². The largest absolute Gasteiger partial charge is 0.370 e. The minimum absolute atomic E-state index is 0.529. The highest BCUT2D eigenvalue weighted by Gasteiger charge is 2.62. The summed E-state index contributed by atoms with van der Waals surface area (Å²) in [5, 5.41) is 0. The maximum absolute atomic E-state index is 6.14. The normalized spacial score (nSPS) is 49.7. The van der Waals surface area contributed by atoms with Crippen LogP contribution in [0.25, 0.3) is 0 Å². The summed E-state index contributed by atoms with van der Waals surface area (Å²) in [6, 6.07) is 0.594. The topological polar surface area (TPSA) is 41.6 Å². The van der Waals surface area contributed by atoms with Gasteiger partial charge in [-0.3, -0.25) is 4.99 Å². The van der Waals surface area contributed by atoms with Crippen LogP contribution in [0.3, 0.4) is 0 Å². The maximum Gasteiger partial charge on any atom is 0.191 e. The van der Waals surface area contributed by atoms with Crippen molar-refractivity contribution in [3.8, 4) is 0 Å². The van der Waals surface area contributed by atoms with E-state index in [0.717, 1.165) is 30.3 Å². The van der Waals surface area contributed by atoms with E-state index < -0.39 is 0 Å². The van der Waals surface area contributed by atoms with E-state index in [1.165, 1.54) is 57.8 Å². The molecule has 0 spiro atoms. The first kappa shape index (κ1) is 14.6. The number of aliphatic imine (C=N–C) groups is 1. The van der Waals surface area contributed by atoms with Crippen LogP contribution < -0.4 is 5.73 Å². The molecule has 1 heterocycles. The van der Waals surface area contributed by atoms with Gasteiger partial charge in [0.15, 0.2) is 5.96 Å². The summed E-state index contributed by atoms with van der Waals surface area (Å²) in [5.74, 6) is 3.84. The molecule has 3 atom stereocenters. The number of rotatable bonds is 2. The molecule has 3 nitrogen and oxygen atoms in total. The Hall–Kier alpha value is -0.730. The van der Waals surface area contributed by atoms with Crippen LogP contribution >= 0.6 is 0 Å². The highest BCUT2D eigenvalue weighted by molar-refractivity contribution is 5.80. The van der Waals surface area contributed by atoms with Gasteiger partial charge in [-0.05, 0) is 80.0 Å². The molecule has 128 valence electrons. The summed E-state index contributed by atoms with van der Waals surface area (Å²) < 4.78 is 0. The molecule has 5 fully saturated rings. The molecule has 4 bridgehead atoms. The van der Waals surface area contributed by atoms with Crippen LogP contribution in [0.4, 0.5) is 0 Å². The fourth-order valence-corrected chi connectivity index (χ4v) is 8.17. The number of guanidine groups is 1. The third-order valence-corrected chi connectivity index (χ3v) is 8.58. The van der Waals surface area contributed by atoms with Crippen molar-refractivity contribution in [2.75, 3.05) is 13.6 Å². The van der Waals surface area contributed by atoms with E-state index in [0.29, 0.717) is 16.9 Å². The van der Waals surface area contributed by atoms with Gasteiger partial charge in [0.2, 0.25) is 0 Å². The molecule has 3 unspecified atom stereocenters. The Labute approximate surface area is 141 Å². The lowest BCUT2D eigenvalue weighted by Crippen LogP contribution is -2.61. The zero-order chi connectivity index (χ0) is 15.7. The Morgan fingerprint density at radius 3 is 2.26 bits per heavy atom. The molecule has 5 saturated carbocycles. The van der Waals surface area contributed by atoms with Crippen molar-refractivity contribution in [2.24, 2.45) is 39.3 Å². The van der Waals surface area contributed by atoms with Crippen LogP contribution in [-0.4, -0.2) is 30.5 Å². The first-order valence-electron chi connectivity index (χ1n) is 10.1. The highest BCUT2D eigenvalue weighted by atomic mass is 15.3. The standard InChI is InChI=1S/C20H33N3/c1-23-17(12-22-18(23)21)20-10-14-7-15(11-20)9-19(8-14,13-20)16-5-3-2-4-6-16/h14-17H,2-13H2,1H3,(H2,21,22). The van der Waals surface area contributed by atoms with E-state index in [9.17, 15) is 0 Å². The average molecular weight is 316 g/mol. The highest BCUT2D eigenvalue weighted by Crippen LogP contribution is 2.70. The van der Waals surface area contributed by atoms with Gasteiger partial charge in [-0.1, -0.05) is 19.3 Å². The van der Waals surface area contributed by atoms with Crippen LogP contribution in [0.5, 0.6) is 0 Å². The Balaban J connectivity index is 1.47. The van der Waals surface area contributed by atoms with Gasteiger partial charge in [0.25, 0.3) is 0 Å². The van der Waals surface area contributed by atoms with Crippen LogP contribution in [0.2, 0.25) is 0 Å². The second-order valence-corrected chi connectivity index (χ2v) is 9.85. The maximum atomic E-state index is 6.14. The van der Waals surface area contributed by atoms with Crippen molar-refractivity contribution in [1.82, 2.24) is 4.90 Å². The third kappa shape index (κ3) is 2.04. The second kappa shape index (κ2) is 4.89. The lowest BCUT2D eigenvalue weighted by atomic mass is 9.39. The molecule has 0 aromatic heterocycles. The van der Waals surface area contributed by atoms with E-state index in [1.807, 2.05) is 0 Å². The van der Waals surface area contributed by atoms with Gasteiger partial charge in [-0.2, -0.15) is 0 Å². The molecule has 0 amide bonds. The van der Waals surface area contributed by atoms with Crippen LogP contribution in [0, 0.1) is 28.6 Å². The number of nitrogens with zero attached hydrogens (tertiary/aromatic N) is 2. The van der Waals surface area contributed by atoms with Crippen molar-refractivity contribution < 1.29 is 0 Å². The first-order valence-corrected chi connectivity index (χ1v) is 10.1. The molecular formula is C20H33N3. The van der Waals surface area contributed by atoms with Crippen molar-refractivity contribution in [1.29, 1.82) is 0 Å². The lowest BCUT2D eigenvalue weighted by Gasteiger charge is -2.66. The van der Waals surface area contributed by atoms with Gasteiger partial charge in [-0.25, -0.2) is 0 Å². The number of nitrogens with two attached hydrogens (primary N) is 1. The van der Waals surface area contributed by atoms with Gasteiger partial charge < -0.3 is 10.6 Å². The van der Waals surface area contributed by atoms with Crippen LogP contribution in [0.1, 0.15) is 70.6 Å². The predicted molar refractivity (Wildman–Crippen MR) is 94.2 cm³/mol. The average Bonchev–Trinajstić information content (AvgIpc) is 2.87. The summed E-state index contributed by atoms with van der Waals surface area (Å²) in [6.07, 6.45) is 16.6. The molecule has 6 rings (SSSR count). The van der Waals surface area contributed by atoms with Gasteiger partial charge in [0.05, 0.1) is 12.6 Å². The van der Waals surface area contributed by atoms with Crippen molar-refractivity contribution in [3.05, 3.63) is 0 Å². The molecule has 1 aliphatic heterocycles. The lowest BCUT2D eigenvalue weighted by molar-refractivity contribution is -0.159. The number of likely N-dealkylation sites (N-methyl/N-ethyl adjacent to an activating group) is 1. The van der Waals surface area contributed by atoms with Gasteiger partial charge in [0.1, 0.15) is 0 Å². The van der Waals surface area contributed by atoms with Crippen LogP contribution in [-0.2, 0) is 0 Å². The quantitative estimate of drug-likeness (QED) is 0.842. The van der Waals surface area contributed by atoms with Crippen molar-refractivity contribution in [2.45, 2.75) is 76.7 Å². The zero-order valence-electron chi connectivity index (χ0n) is 14.8. The minimum atomic E-state index is 0.529. The first-order chi connectivity index (χ1) is 11.1. The molecule has 6 aliphatic rings. The molecule has 0 saturated heterocycles. The Bertz CT molecular complexity index is 505. The summed E-state index contributed by atoms with van der Waals surface area (Å²) in [4.78, 5) is 6.95. The molecule has 0 aromatic rings. The van der Waals surface area contributed by atoms with Gasteiger partial charge >= 0.3 is 0 Å². The molecule has 2 N–H and O–H groups in total. The summed E-state index contributed by atoms with van der Waals surface area (Å²) >= 11 is 0. The molecule has 0 radical (unpaired) electrons. The molecule has 23 heavy (non-hydrogen) atoms. The fourth-order valence-electron chi connectivity index (χ4n) is 8.17. The fraction of sp³-hybridized carbons (Fsp3) is 0.950. The van der Waals surface area contributed by atoms with Gasteiger partial charge in [-0.15, -0.1) is 0 Å². The Morgan fingerprint density at radius 2 is 1.65 bits per heavy atom. The van der Waals surface area contributed by atoms with Crippen molar-refractivity contribution >= 4 is 5.96 Å². The minimum Gasteiger partial charge on any atom is -0.370 e. The van der Waals surface area contributed by atoms with Crippen LogP contribution in [0.15, 0.2) is 4.99 Å². The third-order valence-electron chi connectivity index (χ3n) is 8.58. The smallest absolute Gasteiger partial charge is 0.191 e. The molecule has 0 aromatic carbocycles. The molecule has 3 heteroatoms. The van der Waals surface area contributed by atoms with E-state index in [2.05, 4.69) is 16.9 Å². The Kier molecular flexibility index (Phi) is 3.10. The molecule has 5 aliphatic carbocycles. The number of hydrogen-bond acceptors (Lipinski definition) is 3. The summed E-state index contributed by atoms with van der Waals surface area (Å²) in [5.41, 5.74) is 7.36. The monoisotopic (exact) mass is 315 g/mol. The number of hydrogen-bond donors (Lipinski definition) is 1. The SMILES string of the molecule is CN1C(N)=NCC1C12CC3CC(CC(C4CCCCC4)(C3)C1)C2. The van der Waals surface area contributed by atoms with E-state index in [4.69, 9.17) is 5.73 Å². The predicted octanol–water partition coefficient (Wildman–Crippen LogP) is 3.78. The van der Waals surface area contributed by atoms with Gasteiger partial charge in [0, 0.05) is 7.05 Å². The molecular weight excluding hydrogens is 282 g/mol. The van der Waals surface area contributed by atoms with E-state index >= 15 is 0 Å². The zero-order valence-corrected chi connectivity index (χ0v) is 14.8. The summed E-state index contributed by atoms with van der Waals surface area (Å²) in [6.45, 7) is 0.961. The van der Waals surface area contributed by atoms with E-state index in [1.54, 1.807) is 12.8 Å². The van der Waals surface area contributed by atoms with Crippen molar-refractivity contribution in [3.63, 3.8) is 0 Å². The second-order valence-electron chi connectivity index (χ2n) is 9.85.